The minimum Gasteiger partial charge on any atom is -0.382 e. The van der Waals surface area contributed by atoms with Crippen LogP contribution in [-0.4, -0.2) is 54.1 Å². The summed E-state index contributed by atoms with van der Waals surface area (Å²) in [6.45, 7) is 4.02. The van der Waals surface area contributed by atoms with E-state index in [1.807, 2.05) is 0 Å². The van der Waals surface area contributed by atoms with Crippen molar-refractivity contribution >= 4 is 0 Å². The van der Waals surface area contributed by atoms with Gasteiger partial charge in [-0.25, -0.2) is 0 Å². The van der Waals surface area contributed by atoms with Gasteiger partial charge in [0, 0.05) is 18.6 Å². The maximum atomic E-state index is 12.2. The lowest BCUT2D eigenvalue weighted by Crippen LogP contribution is -2.54. The van der Waals surface area contributed by atoms with E-state index in [4.69, 9.17) is 9.84 Å². The first-order valence-corrected chi connectivity index (χ1v) is 4.90. The summed E-state index contributed by atoms with van der Waals surface area (Å²) in [6, 6.07) is -0.184. The zero-order valence-electron chi connectivity index (χ0n) is 8.79. The number of morpholine rings is 1. The summed E-state index contributed by atoms with van der Waals surface area (Å²) >= 11 is 0. The molecule has 0 aromatic rings. The monoisotopic (exact) mass is 227 g/mol. The third kappa shape index (κ3) is 3.32. The lowest BCUT2D eigenvalue weighted by atomic mass is 10.1. The number of rotatable bonds is 2. The minimum absolute atomic E-state index is 0.0919. The van der Waals surface area contributed by atoms with Crippen molar-refractivity contribution in [3.8, 4) is 0 Å². The summed E-state index contributed by atoms with van der Waals surface area (Å²) in [7, 11) is 0. The summed E-state index contributed by atoms with van der Waals surface area (Å²) in [4.78, 5) is 1.63. The van der Waals surface area contributed by atoms with Crippen LogP contribution >= 0.6 is 0 Å². The highest BCUT2D eigenvalue weighted by atomic mass is 19.4. The predicted molar refractivity (Wildman–Crippen MR) is 48.5 cm³/mol. The van der Waals surface area contributed by atoms with E-state index < -0.39 is 12.3 Å². The molecule has 0 unspecified atom stereocenters. The fourth-order valence-corrected chi connectivity index (χ4v) is 1.70. The van der Waals surface area contributed by atoms with Crippen LogP contribution < -0.4 is 0 Å². The molecule has 1 heterocycles. The molecule has 1 fully saturated rings. The van der Waals surface area contributed by atoms with Crippen molar-refractivity contribution in [2.45, 2.75) is 38.2 Å². The maximum absolute atomic E-state index is 12.2. The second-order valence-corrected chi connectivity index (χ2v) is 3.99. The van der Waals surface area contributed by atoms with Crippen LogP contribution in [0.15, 0.2) is 0 Å². The van der Waals surface area contributed by atoms with Gasteiger partial charge in [0.25, 0.3) is 0 Å². The van der Waals surface area contributed by atoms with E-state index in [-0.39, 0.29) is 18.6 Å². The fourth-order valence-electron chi connectivity index (χ4n) is 1.70. The average Bonchev–Trinajstić information content (AvgIpc) is 2.09. The number of aliphatic hydroxyl groups excluding tert-OH is 1. The Morgan fingerprint density at radius 2 is 1.80 bits per heavy atom. The number of nitrogens with zero attached hydrogens (tertiary/aromatic N) is 1. The van der Waals surface area contributed by atoms with Gasteiger partial charge in [-0.15, -0.1) is 0 Å². The first-order valence-electron chi connectivity index (χ1n) is 4.90. The molecule has 0 aliphatic carbocycles. The average molecular weight is 227 g/mol. The van der Waals surface area contributed by atoms with E-state index in [1.54, 1.807) is 18.7 Å². The molecule has 0 saturated carbocycles. The van der Waals surface area contributed by atoms with E-state index in [1.165, 1.54) is 0 Å². The molecule has 0 amide bonds. The Bertz CT molecular complexity index is 200. The number of hydrogen-bond acceptors (Lipinski definition) is 3. The van der Waals surface area contributed by atoms with Crippen molar-refractivity contribution in [1.29, 1.82) is 0 Å². The molecular formula is C9H16F3NO2. The molecular weight excluding hydrogens is 211 g/mol. The topological polar surface area (TPSA) is 32.7 Å². The van der Waals surface area contributed by atoms with Gasteiger partial charge in [0.2, 0.25) is 0 Å². The number of β-amino-alcohol motifs (C(OH)–C–C–N with tert-alkyl or cyclic N) is 1. The molecule has 1 saturated heterocycles. The highest BCUT2D eigenvalue weighted by Crippen LogP contribution is 2.23. The first kappa shape index (κ1) is 12.7. The Labute approximate surface area is 86.8 Å². The lowest BCUT2D eigenvalue weighted by Gasteiger charge is -2.39. The van der Waals surface area contributed by atoms with E-state index in [0.29, 0.717) is 13.2 Å². The van der Waals surface area contributed by atoms with Crippen LogP contribution in [0.4, 0.5) is 13.2 Å². The van der Waals surface area contributed by atoms with Crippen molar-refractivity contribution in [2.75, 3.05) is 19.8 Å². The second-order valence-electron chi connectivity index (χ2n) is 3.99. The van der Waals surface area contributed by atoms with Crippen LogP contribution in [-0.2, 0) is 4.74 Å². The molecule has 3 atom stereocenters. The summed E-state index contributed by atoms with van der Waals surface area (Å²) in [5.41, 5.74) is 0. The van der Waals surface area contributed by atoms with Gasteiger partial charge in [-0.05, 0) is 13.8 Å². The molecule has 0 bridgehead atoms. The molecule has 3 nitrogen and oxygen atoms in total. The molecule has 0 radical (unpaired) electrons. The summed E-state index contributed by atoms with van der Waals surface area (Å²) in [5, 5.41) is 8.97. The highest BCUT2D eigenvalue weighted by molar-refractivity contribution is 4.81. The van der Waals surface area contributed by atoms with Crippen molar-refractivity contribution in [3.05, 3.63) is 0 Å². The van der Waals surface area contributed by atoms with Gasteiger partial charge < -0.3 is 9.84 Å². The minimum atomic E-state index is -4.54. The van der Waals surface area contributed by atoms with Crippen molar-refractivity contribution < 1.29 is 23.0 Å². The normalized spacial score (nSPS) is 31.6. The van der Waals surface area contributed by atoms with Gasteiger partial charge in [-0.3, -0.25) is 4.90 Å². The Morgan fingerprint density at radius 3 is 2.20 bits per heavy atom. The van der Waals surface area contributed by atoms with Gasteiger partial charge in [0.05, 0.1) is 13.2 Å². The van der Waals surface area contributed by atoms with Crippen molar-refractivity contribution in [3.63, 3.8) is 0 Å². The van der Waals surface area contributed by atoms with E-state index >= 15 is 0 Å². The van der Waals surface area contributed by atoms with Crippen LogP contribution in [0.3, 0.4) is 0 Å². The number of ether oxygens (including phenoxy) is 1. The highest BCUT2D eigenvalue weighted by Gasteiger charge is 2.41. The van der Waals surface area contributed by atoms with Gasteiger partial charge in [0.15, 0.2) is 6.10 Å². The molecule has 1 aliphatic heterocycles. The third-order valence-corrected chi connectivity index (χ3v) is 2.61. The van der Waals surface area contributed by atoms with Crippen molar-refractivity contribution in [1.82, 2.24) is 4.90 Å². The smallest absolute Gasteiger partial charge is 0.382 e. The zero-order chi connectivity index (χ0) is 11.6. The van der Waals surface area contributed by atoms with Crippen molar-refractivity contribution in [2.24, 2.45) is 0 Å². The Balaban J connectivity index is 2.55. The van der Waals surface area contributed by atoms with Crippen LogP contribution in [0.2, 0.25) is 0 Å². The molecule has 0 aromatic carbocycles. The summed E-state index contributed by atoms with van der Waals surface area (Å²) in [6.07, 6.45) is -6.82. The molecule has 0 aromatic heterocycles. The maximum Gasteiger partial charge on any atom is 0.415 e. The standard InChI is InChI=1S/C9H16F3NO2/c1-6-4-15-5-7(2)13(6)3-8(14)9(10,11)12/h6-8,14H,3-5H2,1-2H3/t6-,7+,8-/m0/s1. The van der Waals surface area contributed by atoms with Gasteiger partial charge >= 0.3 is 6.18 Å². The largest absolute Gasteiger partial charge is 0.415 e. The Kier molecular flexibility index (Phi) is 3.97. The van der Waals surface area contributed by atoms with Gasteiger partial charge in [-0.1, -0.05) is 0 Å². The quantitative estimate of drug-likeness (QED) is 0.764. The molecule has 1 rings (SSSR count). The lowest BCUT2D eigenvalue weighted by molar-refractivity contribution is -0.214. The van der Waals surface area contributed by atoms with Gasteiger partial charge in [-0.2, -0.15) is 13.2 Å². The van der Waals surface area contributed by atoms with Crippen LogP contribution in [0, 0.1) is 0 Å². The fraction of sp³-hybridized carbons (Fsp3) is 1.00. The molecule has 6 heteroatoms. The molecule has 90 valence electrons. The van der Waals surface area contributed by atoms with Crippen LogP contribution in [0.25, 0.3) is 0 Å². The SMILES string of the molecule is C[C@@H]1COC[C@H](C)N1C[C@H](O)C(F)(F)F. The molecule has 1 aliphatic rings. The molecule has 0 spiro atoms. The predicted octanol–water partition coefficient (Wildman–Crippen LogP) is 1.02. The number of alkyl halides is 3. The van der Waals surface area contributed by atoms with Gasteiger partial charge in [0.1, 0.15) is 0 Å². The Morgan fingerprint density at radius 1 is 1.33 bits per heavy atom. The van der Waals surface area contributed by atoms with Crippen LogP contribution in [0.1, 0.15) is 13.8 Å². The molecule has 1 N–H and O–H groups in total. The summed E-state index contributed by atoms with van der Waals surface area (Å²) < 4.78 is 41.6. The number of aliphatic hydroxyl groups is 1. The second kappa shape index (κ2) is 4.67. The first-order chi connectivity index (χ1) is 6.82. The molecule has 15 heavy (non-hydrogen) atoms. The Hall–Kier alpha value is -0.330. The van der Waals surface area contributed by atoms with Crippen LogP contribution in [0.5, 0.6) is 0 Å². The van der Waals surface area contributed by atoms with E-state index in [2.05, 4.69) is 0 Å². The number of halogens is 3. The zero-order valence-corrected chi connectivity index (χ0v) is 8.79. The van der Waals surface area contributed by atoms with E-state index in [0.717, 1.165) is 0 Å². The van der Waals surface area contributed by atoms with E-state index in [9.17, 15) is 13.2 Å². The third-order valence-electron chi connectivity index (χ3n) is 2.61. The number of hydrogen-bond donors (Lipinski definition) is 1. The summed E-state index contributed by atoms with van der Waals surface area (Å²) in [5.74, 6) is 0.